The number of halogens is 1. The van der Waals surface area contributed by atoms with E-state index in [0.29, 0.717) is 17.5 Å². The minimum Gasteiger partial charge on any atom is -0.461 e. The predicted octanol–water partition coefficient (Wildman–Crippen LogP) is 3.64. The third-order valence-corrected chi connectivity index (χ3v) is 3.82. The van der Waals surface area contributed by atoms with Crippen LogP contribution in [0, 0.1) is 0 Å². The molecule has 0 fully saturated rings. The second-order valence-corrected chi connectivity index (χ2v) is 5.62. The number of hydrogen-bond donors (Lipinski definition) is 1. The van der Waals surface area contributed by atoms with E-state index < -0.39 is 0 Å². The first-order chi connectivity index (χ1) is 9.19. The highest BCUT2D eigenvalue weighted by atomic mass is 79.9. The van der Waals surface area contributed by atoms with Gasteiger partial charge in [0.05, 0.1) is 12.8 Å². The van der Waals surface area contributed by atoms with Gasteiger partial charge in [-0.25, -0.2) is 9.78 Å². The standard InChI is InChI=1S/C13H13BrN2O2S/c1-2-18-12(17)11-7-15-13(16-11)19-8-9-3-5-10(14)6-4-9/h3-7H,2,8H2,1H3,(H,15,16). The van der Waals surface area contributed by atoms with E-state index in [4.69, 9.17) is 4.74 Å². The molecule has 0 saturated carbocycles. The van der Waals surface area contributed by atoms with Crippen molar-refractivity contribution in [2.24, 2.45) is 0 Å². The van der Waals surface area contributed by atoms with Crippen LogP contribution in [0.4, 0.5) is 0 Å². The number of rotatable bonds is 5. The first kappa shape index (κ1) is 14.1. The van der Waals surface area contributed by atoms with Crippen molar-refractivity contribution < 1.29 is 9.53 Å². The summed E-state index contributed by atoms with van der Waals surface area (Å²) in [6.07, 6.45) is 1.50. The molecule has 1 aromatic carbocycles. The molecule has 1 aromatic heterocycles. The summed E-state index contributed by atoms with van der Waals surface area (Å²) < 4.78 is 5.95. The summed E-state index contributed by atoms with van der Waals surface area (Å²) >= 11 is 4.94. The Kier molecular flexibility index (Phi) is 5.04. The molecule has 6 heteroatoms. The number of benzene rings is 1. The van der Waals surface area contributed by atoms with Gasteiger partial charge in [-0.1, -0.05) is 39.8 Å². The fraction of sp³-hybridized carbons (Fsp3) is 0.231. The third kappa shape index (κ3) is 4.11. The number of imidazole rings is 1. The van der Waals surface area contributed by atoms with E-state index in [1.807, 2.05) is 24.3 Å². The summed E-state index contributed by atoms with van der Waals surface area (Å²) in [7, 11) is 0. The largest absolute Gasteiger partial charge is 0.461 e. The van der Waals surface area contributed by atoms with Gasteiger partial charge >= 0.3 is 5.97 Å². The molecule has 100 valence electrons. The van der Waals surface area contributed by atoms with Crippen LogP contribution >= 0.6 is 27.7 Å². The molecule has 0 aliphatic rings. The second-order valence-electron chi connectivity index (χ2n) is 3.74. The van der Waals surface area contributed by atoms with E-state index in [1.165, 1.54) is 11.8 Å². The third-order valence-electron chi connectivity index (χ3n) is 2.34. The molecule has 0 bridgehead atoms. The summed E-state index contributed by atoms with van der Waals surface area (Å²) in [5.41, 5.74) is 1.59. The normalized spacial score (nSPS) is 10.4. The van der Waals surface area contributed by atoms with Crippen molar-refractivity contribution in [1.82, 2.24) is 9.97 Å². The Morgan fingerprint density at radius 1 is 1.42 bits per heavy atom. The minimum absolute atomic E-state index is 0.360. The highest BCUT2D eigenvalue weighted by Crippen LogP contribution is 2.21. The van der Waals surface area contributed by atoms with Gasteiger partial charge in [0.1, 0.15) is 5.69 Å². The number of esters is 1. The molecule has 1 N–H and O–H groups in total. The van der Waals surface area contributed by atoms with Crippen LogP contribution in [0.5, 0.6) is 0 Å². The van der Waals surface area contributed by atoms with Crippen LogP contribution in [0.1, 0.15) is 23.0 Å². The van der Waals surface area contributed by atoms with Crippen LogP contribution in [-0.2, 0) is 10.5 Å². The molecule has 0 aliphatic carbocycles. The van der Waals surface area contributed by atoms with Gasteiger partial charge in [-0.2, -0.15) is 0 Å². The van der Waals surface area contributed by atoms with Gasteiger partial charge in [-0.3, -0.25) is 0 Å². The van der Waals surface area contributed by atoms with Crippen LogP contribution in [0.15, 0.2) is 40.1 Å². The summed E-state index contributed by atoms with van der Waals surface area (Å²) in [5, 5.41) is 0.714. The number of H-pyrrole nitrogens is 1. The number of carbonyl (C=O) groups is 1. The Hall–Kier alpha value is -1.27. The zero-order valence-electron chi connectivity index (χ0n) is 10.4. The Morgan fingerprint density at radius 3 is 2.84 bits per heavy atom. The Morgan fingerprint density at radius 2 is 2.16 bits per heavy atom. The average Bonchev–Trinajstić information content (AvgIpc) is 2.87. The predicted molar refractivity (Wildman–Crippen MR) is 78.2 cm³/mol. The van der Waals surface area contributed by atoms with Crippen molar-refractivity contribution in [3.8, 4) is 0 Å². The lowest BCUT2D eigenvalue weighted by Crippen LogP contribution is -2.04. The van der Waals surface area contributed by atoms with Crippen molar-refractivity contribution in [3.63, 3.8) is 0 Å². The first-order valence-corrected chi connectivity index (χ1v) is 7.56. The van der Waals surface area contributed by atoms with E-state index >= 15 is 0 Å². The van der Waals surface area contributed by atoms with E-state index in [9.17, 15) is 4.79 Å². The zero-order chi connectivity index (χ0) is 13.7. The van der Waals surface area contributed by atoms with Crippen LogP contribution in [0.2, 0.25) is 0 Å². The van der Waals surface area contributed by atoms with Crippen molar-refractivity contribution in [2.75, 3.05) is 6.61 Å². The number of thioether (sulfide) groups is 1. The Bertz CT molecular complexity index is 554. The Balaban J connectivity index is 1.93. The van der Waals surface area contributed by atoms with Crippen LogP contribution in [0.3, 0.4) is 0 Å². The second kappa shape index (κ2) is 6.77. The van der Waals surface area contributed by atoms with E-state index in [-0.39, 0.29) is 5.97 Å². The lowest BCUT2D eigenvalue weighted by atomic mass is 10.2. The molecule has 0 aliphatic heterocycles. The number of aromatic nitrogens is 2. The molecule has 1 heterocycles. The Labute approximate surface area is 124 Å². The lowest BCUT2D eigenvalue weighted by Gasteiger charge is -2.00. The summed E-state index contributed by atoms with van der Waals surface area (Å²) in [5.74, 6) is 0.425. The number of aromatic amines is 1. The minimum atomic E-state index is -0.370. The van der Waals surface area contributed by atoms with Gasteiger partial charge in [-0.15, -0.1) is 0 Å². The molecule has 2 rings (SSSR count). The van der Waals surface area contributed by atoms with Crippen LogP contribution in [-0.4, -0.2) is 22.5 Å². The van der Waals surface area contributed by atoms with Crippen molar-refractivity contribution in [1.29, 1.82) is 0 Å². The lowest BCUT2D eigenvalue weighted by molar-refractivity contribution is 0.0519. The zero-order valence-corrected chi connectivity index (χ0v) is 12.8. The van der Waals surface area contributed by atoms with Gasteiger partial charge in [0.25, 0.3) is 0 Å². The summed E-state index contributed by atoms with van der Waals surface area (Å²) in [6.45, 7) is 2.14. The van der Waals surface area contributed by atoms with E-state index in [0.717, 1.165) is 10.2 Å². The summed E-state index contributed by atoms with van der Waals surface area (Å²) in [4.78, 5) is 18.6. The number of nitrogens with zero attached hydrogens (tertiary/aromatic N) is 1. The maximum Gasteiger partial charge on any atom is 0.356 e. The molecule has 0 saturated heterocycles. The smallest absolute Gasteiger partial charge is 0.356 e. The molecule has 0 atom stereocenters. The van der Waals surface area contributed by atoms with Gasteiger partial charge < -0.3 is 9.72 Å². The van der Waals surface area contributed by atoms with Gasteiger partial charge in [0.2, 0.25) is 0 Å². The summed E-state index contributed by atoms with van der Waals surface area (Å²) in [6, 6.07) is 8.10. The number of ether oxygens (including phenoxy) is 1. The van der Waals surface area contributed by atoms with Crippen molar-refractivity contribution in [3.05, 3.63) is 46.2 Å². The number of hydrogen-bond acceptors (Lipinski definition) is 4. The molecule has 0 radical (unpaired) electrons. The molecule has 0 unspecified atom stereocenters. The molecular weight excluding hydrogens is 328 g/mol. The first-order valence-electron chi connectivity index (χ1n) is 5.78. The fourth-order valence-corrected chi connectivity index (χ4v) is 2.49. The van der Waals surface area contributed by atoms with Crippen molar-refractivity contribution >= 4 is 33.7 Å². The topological polar surface area (TPSA) is 55.0 Å². The van der Waals surface area contributed by atoms with Crippen molar-refractivity contribution in [2.45, 2.75) is 17.8 Å². The monoisotopic (exact) mass is 340 g/mol. The molecule has 19 heavy (non-hydrogen) atoms. The van der Waals surface area contributed by atoms with E-state index in [1.54, 1.807) is 18.7 Å². The average molecular weight is 341 g/mol. The SMILES string of the molecule is CCOC(=O)c1cnc(SCc2ccc(Br)cc2)[nH]1. The fourth-order valence-electron chi connectivity index (χ4n) is 1.42. The van der Waals surface area contributed by atoms with Crippen LogP contribution < -0.4 is 0 Å². The molecule has 0 spiro atoms. The van der Waals surface area contributed by atoms with Gasteiger partial charge in [0.15, 0.2) is 5.16 Å². The quantitative estimate of drug-likeness (QED) is 0.666. The molecule has 4 nitrogen and oxygen atoms in total. The number of carbonyl (C=O) groups excluding carboxylic acids is 1. The number of nitrogens with one attached hydrogen (secondary N) is 1. The molecule has 2 aromatic rings. The maximum absolute atomic E-state index is 11.5. The maximum atomic E-state index is 11.5. The van der Waals surface area contributed by atoms with Crippen LogP contribution in [0.25, 0.3) is 0 Å². The molecule has 0 amide bonds. The molecular formula is C13H13BrN2O2S. The highest BCUT2D eigenvalue weighted by Gasteiger charge is 2.10. The van der Waals surface area contributed by atoms with Gasteiger partial charge in [0, 0.05) is 10.2 Å². The highest BCUT2D eigenvalue weighted by molar-refractivity contribution is 9.10. The van der Waals surface area contributed by atoms with E-state index in [2.05, 4.69) is 25.9 Å². The van der Waals surface area contributed by atoms with Gasteiger partial charge in [-0.05, 0) is 24.6 Å².